The molecule has 1 aromatic heterocycles. The summed E-state index contributed by atoms with van der Waals surface area (Å²) in [6.45, 7) is 13.6. The fraction of sp³-hybridized carbons (Fsp3) is 0.406. The van der Waals surface area contributed by atoms with Crippen LogP contribution in [-0.4, -0.2) is 80.0 Å². The number of ether oxygens (including phenoxy) is 1. The molecule has 0 fully saturated rings. The van der Waals surface area contributed by atoms with Gasteiger partial charge in [-0.25, -0.2) is 4.99 Å². The van der Waals surface area contributed by atoms with Crippen LogP contribution in [0.15, 0.2) is 71.1 Å². The summed E-state index contributed by atoms with van der Waals surface area (Å²) in [5.41, 5.74) is 5.88. The quantitative estimate of drug-likeness (QED) is 0.274. The average molecular weight is 557 g/mol. The minimum absolute atomic E-state index is 0.323. The molecule has 218 valence electrons. The Balaban J connectivity index is 1.64. The molecule has 2 N–H and O–H groups in total. The summed E-state index contributed by atoms with van der Waals surface area (Å²) in [5, 5.41) is 12.6. The molecule has 0 unspecified atom stereocenters. The molecule has 41 heavy (non-hydrogen) atoms. The molecule has 0 amide bonds. The van der Waals surface area contributed by atoms with Crippen molar-refractivity contribution in [3.63, 3.8) is 0 Å². The zero-order valence-corrected chi connectivity index (χ0v) is 25.5. The number of aliphatic imine (C=N–C) groups is 2. The Morgan fingerprint density at radius 2 is 1.93 bits per heavy atom. The highest BCUT2D eigenvalue weighted by atomic mass is 16.5. The van der Waals surface area contributed by atoms with Crippen LogP contribution in [0.3, 0.4) is 0 Å². The second kappa shape index (κ2) is 13.5. The highest BCUT2D eigenvalue weighted by Crippen LogP contribution is 2.38. The van der Waals surface area contributed by atoms with E-state index in [-0.39, 0.29) is 0 Å². The number of methoxy groups -OCH3 is 1. The van der Waals surface area contributed by atoms with Crippen LogP contribution in [-0.2, 0) is 7.05 Å². The first-order valence-electron chi connectivity index (χ1n) is 14.2. The van der Waals surface area contributed by atoms with Crippen molar-refractivity contribution < 1.29 is 4.74 Å². The van der Waals surface area contributed by atoms with Gasteiger partial charge in [0.15, 0.2) is 0 Å². The number of fused-ring (bicyclic) bond motifs is 1. The van der Waals surface area contributed by atoms with Crippen molar-refractivity contribution >= 4 is 39.9 Å². The van der Waals surface area contributed by atoms with Crippen LogP contribution < -0.4 is 20.3 Å². The van der Waals surface area contributed by atoms with Crippen LogP contribution >= 0.6 is 0 Å². The summed E-state index contributed by atoms with van der Waals surface area (Å²) in [7, 11) is 7.93. The lowest BCUT2D eigenvalue weighted by molar-refractivity contribution is 0.280. The van der Waals surface area contributed by atoms with E-state index < -0.39 is 0 Å². The van der Waals surface area contributed by atoms with Crippen LogP contribution in [0.4, 0.5) is 17.1 Å². The number of nitrogens with one attached hydrogen (secondary N) is 2. The minimum atomic E-state index is 0.323. The smallest absolute Gasteiger partial charge is 0.144 e. The number of rotatable bonds is 13. The summed E-state index contributed by atoms with van der Waals surface area (Å²) in [5.74, 6) is 1.75. The molecule has 0 bridgehead atoms. The van der Waals surface area contributed by atoms with Gasteiger partial charge in [0, 0.05) is 69.1 Å². The van der Waals surface area contributed by atoms with E-state index in [1.807, 2.05) is 36.3 Å². The van der Waals surface area contributed by atoms with Crippen LogP contribution in [0, 0.1) is 5.92 Å². The fourth-order valence-corrected chi connectivity index (χ4v) is 4.53. The number of hydrogen-bond acceptors (Lipinski definition) is 8. The zero-order valence-electron chi connectivity index (χ0n) is 25.5. The number of anilines is 3. The number of aromatic nitrogens is 2. The van der Waals surface area contributed by atoms with E-state index >= 15 is 0 Å². The molecule has 2 heterocycles. The van der Waals surface area contributed by atoms with Crippen LogP contribution in [0.1, 0.15) is 26.3 Å². The van der Waals surface area contributed by atoms with E-state index in [0.29, 0.717) is 24.3 Å². The predicted octanol–water partition coefficient (Wildman–Crippen LogP) is 5.42. The van der Waals surface area contributed by atoms with Gasteiger partial charge in [-0.15, -0.1) is 6.58 Å². The van der Waals surface area contributed by atoms with E-state index in [1.165, 1.54) is 0 Å². The first-order valence-corrected chi connectivity index (χ1v) is 14.2. The summed E-state index contributed by atoms with van der Waals surface area (Å²) >= 11 is 0. The molecule has 2 aromatic carbocycles. The Hall–Kier alpha value is -4.11. The van der Waals surface area contributed by atoms with Crippen molar-refractivity contribution in [3.05, 3.63) is 66.6 Å². The lowest BCUT2D eigenvalue weighted by Crippen LogP contribution is -2.35. The number of likely N-dealkylation sites (N-methyl/N-ethyl adjacent to an activating group) is 2. The molecule has 0 aliphatic carbocycles. The molecule has 9 nitrogen and oxygen atoms in total. The largest absolute Gasteiger partial charge is 0.494 e. The van der Waals surface area contributed by atoms with Gasteiger partial charge in [-0.1, -0.05) is 19.1 Å². The predicted molar refractivity (Wildman–Crippen MR) is 174 cm³/mol. The number of hydrogen-bond donors (Lipinski definition) is 2. The molecule has 4 rings (SSSR count). The first-order chi connectivity index (χ1) is 19.7. The molecule has 0 radical (unpaired) electrons. The monoisotopic (exact) mass is 556 g/mol. The molecule has 1 aliphatic heterocycles. The maximum absolute atomic E-state index is 5.87. The Labute approximate surface area is 244 Å². The molecule has 9 heteroatoms. The molecule has 0 spiro atoms. The normalized spacial score (nSPS) is 14.1. The van der Waals surface area contributed by atoms with E-state index in [2.05, 4.69) is 102 Å². The molecular formula is C32H44N8O. The van der Waals surface area contributed by atoms with Gasteiger partial charge in [0.25, 0.3) is 0 Å². The van der Waals surface area contributed by atoms with E-state index in [1.54, 1.807) is 7.11 Å². The van der Waals surface area contributed by atoms with Crippen LogP contribution in [0.25, 0.3) is 10.9 Å². The third kappa shape index (κ3) is 7.35. The van der Waals surface area contributed by atoms with E-state index in [9.17, 15) is 0 Å². The van der Waals surface area contributed by atoms with Gasteiger partial charge in [-0.2, -0.15) is 5.10 Å². The molecule has 1 atom stereocenters. The summed E-state index contributed by atoms with van der Waals surface area (Å²) < 4.78 is 7.75. The first kappa shape index (κ1) is 29.9. The molecule has 0 saturated heterocycles. The van der Waals surface area contributed by atoms with Crippen molar-refractivity contribution in [1.82, 2.24) is 14.7 Å². The Bertz CT molecular complexity index is 1450. The fourth-order valence-electron chi connectivity index (χ4n) is 4.53. The minimum Gasteiger partial charge on any atom is -0.494 e. The zero-order chi connectivity index (χ0) is 29.5. The maximum atomic E-state index is 5.87. The lowest BCUT2D eigenvalue weighted by atomic mass is 10.1. The van der Waals surface area contributed by atoms with Gasteiger partial charge in [0.05, 0.1) is 48.1 Å². The van der Waals surface area contributed by atoms with Gasteiger partial charge in [-0.05, 0) is 45.0 Å². The van der Waals surface area contributed by atoms with E-state index in [4.69, 9.17) is 9.73 Å². The number of nitrogens with zero attached hydrogens (tertiary/aromatic N) is 6. The Morgan fingerprint density at radius 3 is 2.66 bits per heavy atom. The topological polar surface area (TPSA) is 82.3 Å². The average Bonchev–Trinajstić information content (AvgIpc) is 3.18. The van der Waals surface area contributed by atoms with Crippen molar-refractivity contribution in [2.24, 2.45) is 23.0 Å². The third-order valence-corrected chi connectivity index (χ3v) is 7.57. The second-order valence-electron chi connectivity index (χ2n) is 10.9. The van der Waals surface area contributed by atoms with E-state index in [0.717, 1.165) is 64.6 Å². The van der Waals surface area contributed by atoms with Crippen molar-refractivity contribution in [3.8, 4) is 5.75 Å². The highest BCUT2D eigenvalue weighted by Gasteiger charge is 2.17. The van der Waals surface area contributed by atoms with Gasteiger partial charge in [0.2, 0.25) is 0 Å². The maximum Gasteiger partial charge on any atom is 0.144 e. The van der Waals surface area contributed by atoms with Gasteiger partial charge < -0.3 is 25.2 Å². The number of benzene rings is 2. The molecular weight excluding hydrogens is 512 g/mol. The van der Waals surface area contributed by atoms with Gasteiger partial charge in [0.1, 0.15) is 11.6 Å². The van der Waals surface area contributed by atoms with Crippen molar-refractivity contribution in [1.29, 1.82) is 0 Å². The number of aryl methyl sites for hydroxylation is 1. The molecule has 1 aliphatic rings. The third-order valence-electron chi connectivity index (χ3n) is 7.57. The Morgan fingerprint density at radius 1 is 1.12 bits per heavy atom. The Kier molecular flexibility index (Phi) is 9.83. The summed E-state index contributed by atoms with van der Waals surface area (Å²) in [6.07, 6.45) is 7.64. The lowest BCUT2D eigenvalue weighted by Gasteiger charge is -2.29. The van der Waals surface area contributed by atoms with Crippen LogP contribution in [0.5, 0.6) is 5.75 Å². The molecule has 3 aromatic rings. The van der Waals surface area contributed by atoms with Crippen molar-refractivity contribution in [2.45, 2.75) is 26.8 Å². The standard InChI is InChI=1S/C32H44N8O/c1-9-23(4)20-35-27-17-28(31(41-8)19-30(27)39(6)15-14-38(5)22(2)3)37-32-18-26(33-12-13-34-32)24-10-11-29-25(16-24)21-36-40(29)7/h9-11,13,16-19,21-23,35,37H,1,12,14-15,20H2,2-8H3/t23-/m0/s1. The summed E-state index contributed by atoms with van der Waals surface area (Å²) in [6, 6.07) is 10.9. The SMILES string of the molecule is C=C[C@H](C)CNc1cc(NC2=CC(c3ccc4c(cnn4C)c3)=NCC=N2)c(OC)cc1N(C)CCN(C)C(C)C. The number of allylic oxidation sites excluding steroid dienone is 1. The van der Waals surface area contributed by atoms with Gasteiger partial charge >= 0.3 is 0 Å². The highest BCUT2D eigenvalue weighted by molar-refractivity contribution is 6.11. The van der Waals surface area contributed by atoms with Crippen LogP contribution in [0.2, 0.25) is 0 Å². The second-order valence-corrected chi connectivity index (χ2v) is 10.9. The summed E-state index contributed by atoms with van der Waals surface area (Å²) in [4.78, 5) is 14.0. The van der Waals surface area contributed by atoms with Gasteiger partial charge in [-0.3, -0.25) is 9.67 Å². The molecule has 0 saturated carbocycles. The van der Waals surface area contributed by atoms with Crippen molar-refractivity contribution in [2.75, 3.05) is 62.9 Å².